The monoisotopic (exact) mass is 422 g/mol. The number of hydrogen-bond donors (Lipinski definition) is 0. The Morgan fingerprint density at radius 3 is 2.00 bits per heavy atom. The summed E-state index contributed by atoms with van der Waals surface area (Å²) in [6, 6.07) is 0. The van der Waals surface area contributed by atoms with Gasteiger partial charge in [0.1, 0.15) is 0 Å². The maximum atomic E-state index is 4.43. The summed E-state index contributed by atoms with van der Waals surface area (Å²) < 4.78 is 0. The molecular formula is C26H46S2. The van der Waals surface area contributed by atoms with Gasteiger partial charge in [0.2, 0.25) is 0 Å². The third-order valence-electron chi connectivity index (χ3n) is 6.62. The molecule has 2 aliphatic carbocycles. The number of unbranched alkanes of at least 4 members (excludes halogenated alkanes) is 8. The Hall–Kier alpha value is 0.180. The summed E-state index contributed by atoms with van der Waals surface area (Å²) in [6.07, 6.45) is 24.6. The summed E-state index contributed by atoms with van der Waals surface area (Å²) in [7, 11) is 4.23. The van der Waals surface area contributed by atoms with Crippen LogP contribution in [-0.2, 0) is 0 Å². The van der Waals surface area contributed by atoms with Gasteiger partial charge in [-0.3, -0.25) is 0 Å². The van der Waals surface area contributed by atoms with Crippen molar-refractivity contribution < 1.29 is 0 Å². The average molecular weight is 423 g/mol. The Balaban J connectivity index is 1.26. The van der Waals surface area contributed by atoms with Crippen molar-refractivity contribution in [2.75, 3.05) is 11.5 Å². The fraction of sp³-hybridized carbons (Fsp3) is 0.846. The van der Waals surface area contributed by atoms with Gasteiger partial charge in [-0.1, -0.05) is 111 Å². The number of allylic oxidation sites excluding steroid dienone is 3. The zero-order valence-corrected chi connectivity index (χ0v) is 20.4. The maximum absolute atomic E-state index is 4.43. The molecule has 1 saturated carbocycles. The molecule has 0 N–H and O–H groups in total. The lowest BCUT2D eigenvalue weighted by Gasteiger charge is -2.20. The van der Waals surface area contributed by atoms with E-state index >= 15 is 0 Å². The quantitative estimate of drug-likeness (QED) is 0.122. The minimum absolute atomic E-state index is 0.823. The lowest BCUT2D eigenvalue weighted by atomic mass is 9.85. The zero-order chi connectivity index (χ0) is 20.0. The highest BCUT2D eigenvalue weighted by molar-refractivity contribution is 8.76. The van der Waals surface area contributed by atoms with Gasteiger partial charge in [0.25, 0.3) is 0 Å². The lowest BCUT2D eigenvalue weighted by Crippen LogP contribution is -2.09. The van der Waals surface area contributed by atoms with Crippen molar-refractivity contribution in [3.63, 3.8) is 0 Å². The van der Waals surface area contributed by atoms with E-state index in [9.17, 15) is 0 Å². The minimum Gasteiger partial charge on any atom is -0.0996 e. The van der Waals surface area contributed by atoms with Crippen LogP contribution in [0.25, 0.3) is 0 Å². The molecule has 28 heavy (non-hydrogen) atoms. The van der Waals surface area contributed by atoms with Gasteiger partial charge in [-0.25, -0.2) is 0 Å². The Bertz CT molecular complexity index is 440. The molecule has 2 heteroatoms. The second-order valence-electron chi connectivity index (χ2n) is 9.66. The molecule has 0 nitrogen and oxygen atoms in total. The Morgan fingerprint density at radius 2 is 1.43 bits per heavy atom. The molecule has 162 valence electrons. The van der Waals surface area contributed by atoms with Crippen LogP contribution >= 0.6 is 21.6 Å². The molecule has 0 aliphatic heterocycles. The van der Waals surface area contributed by atoms with Gasteiger partial charge in [0, 0.05) is 11.5 Å². The number of fused-ring (bicyclic) bond motifs is 2. The fourth-order valence-electron chi connectivity index (χ4n) is 4.84. The highest BCUT2D eigenvalue weighted by atomic mass is 33.1. The van der Waals surface area contributed by atoms with Crippen molar-refractivity contribution in [2.45, 2.75) is 104 Å². The van der Waals surface area contributed by atoms with Crippen LogP contribution in [0.5, 0.6) is 0 Å². The molecule has 0 radical (unpaired) electrons. The molecule has 0 aromatic carbocycles. The second-order valence-corrected chi connectivity index (χ2v) is 12.4. The van der Waals surface area contributed by atoms with Crippen molar-refractivity contribution in [3.05, 3.63) is 24.3 Å². The summed E-state index contributed by atoms with van der Waals surface area (Å²) in [5.41, 5.74) is 1.56. The topological polar surface area (TPSA) is 0 Å². The normalized spacial score (nSPS) is 23.2. The van der Waals surface area contributed by atoms with Crippen molar-refractivity contribution >= 4 is 21.6 Å². The second kappa shape index (κ2) is 15.1. The standard InChI is InChI=1S/C26H46S2/c1-22(2)14-10-6-4-8-12-18-27-28-19-13-9-5-7-11-15-23(3)26-21-24-16-17-25(26)20-24/h16-17,22,24-26H,3-15,18-21H2,1-2H3. The van der Waals surface area contributed by atoms with Crippen LogP contribution < -0.4 is 0 Å². The zero-order valence-electron chi connectivity index (χ0n) is 18.8. The molecule has 1 fully saturated rings. The molecule has 3 atom stereocenters. The van der Waals surface area contributed by atoms with Crippen LogP contribution in [-0.4, -0.2) is 11.5 Å². The van der Waals surface area contributed by atoms with Crippen LogP contribution in [0.4, 0.5) is 0 Å². The maximum Gasteiger partial charge on any atom is 0.00369 e. The molecule has 2 rings (SSSR count). The predicted molar refractivity (Wildman–Crippen MR) is 133 cm³/mol. The molecule has 0 heterocycles. The summed E-state index contributed by atoms with van der Waals surface area (Å²) in [4.78, 5) is 0. The van der Waals surface area contributed by atoms with Crippen molar-refractivity contribution in [1.29, 1.82) is 0 Å². The molecule has 3 unspecified atom stereocenters. The van der Waals surface area contributed by atoms with E-state index in [2.05, 4.69) is 54.2 Å². The number of hydrogen-bond acceptors (Lipinski definition) is 2. The van der Waals surface area contributed by atoms with Crippen LogP contribution in [0.2, 0.25) is 0 Å². The van der Waals surface area contributed by atoms with Gasteiger partial charge in [-0.2, -0.15) is 0 Å². The van der Waals surface area contributed by atoms with Gasteiger partial charge in [0.05, 0.1) is 0 Å². The SMILES string of the molecule is C=C(CCCCCCCSSCCCCCCCC(C)C)C1CC2C=CC1C2. The lowest BCUT2D eigenvalue weighted by molar-refractivity contribution is 0.493. The van der Waals surface area contributed by atoms with E-state index in [0.29, 0.717) is 0 Å². The van der Waals surface area contributed by atoms with Crippen LogP contribution in [0.3, 0.4) is 0 Å². The van der Waals surface area contributed by atoms with Crippen LogP contribution in [0.15, 0.2) is 24.3 Å². The van der Waals surface area contributed by atoms with Gasteiger partial charge < -0.3 is 0 Å². The van der Waals surface area contributed by atoms with E-state index in [1.165, 1.54) is 101 Å². The van der Waals surface area contributed by atoms with Crippen molar-refractivity contribution in [2.24, 2.45) is 23.7 Å². The summed E-state index contributed by atoms with van der Waals surface area (Å²) in [5, 5.41) is 0. The molecule has 0 amide bonds. The van der Waals surface area contributed by atoms with E-state index in [-0.39, 0.29) is 0 Å². The smallest absolute Gasteiger partial charge is 0.00369 e. The molecule has 2 aliphatic rings. The summed E-state index contributed by atoms with van der Waals surface area (Å²) in [6.45, 7) is 9.10. The third kappa shape index (κ3) is 10.3. The van der Waals surface area contributed by atoms with E-state index in [0.717, 1.165) is 23.7 Å². The molecule has 0 aromatic rings. The highest BCUT2D eigenvalue weighted by Crippen LogP contribution is 2.47. The van der Waals surface area contributed by atoms with E-state index in [1.807, 2.05) is 0 Å². The minimum atomic E-state index is 0.823. The van der Waals surface area contributed by atoms with E-state index < -0.39 is 0 Å². The number of rotatable bonds is 18. The summed E-state index contributed by atoms with van der Waals surface area (Å²) in [5.74, 6) is 6.14. The molecule has 2 bridgehead atoms. The fourth-order valence-corrected chi connectivity index (χ4v) is 7.13. The Labute approximate surface area is 184 Å². The molecule has 0 saturated heterocycles. The van der Waals surface area contributed by atoms with Gasteiger partial charge in [0.15, 0.2) is 0 Å². The third-order valence-corrected chi connectivity index (χ3v) is 9.20. The largest absolute Gasteiger partial charge is 0.0996 e. The van der Waals surface area contributed by atoms with E-state index in [4.69, 9.17) is 0 Å². The molecule has 0 aromatic heterocycles. The van der Waals surface area contributed by atoms with Gasteiger partial charge in [-0.05, 0) is 62.2 Å². The van der Waals surface area contributed by atoms with Crippen molar-refractivity contribution in [3.8, 4) is 0 Å². The Morgan fingerprint density at radius 1 is 0.821 bits per heavy atom. The van der Waals surface area contributed by atoms with Gasteiger partial charge >= 0.3 is 0 Å². The first-order chi connectivity index (χ1) is 13.7. The van der Waals surface area contributed by atoms with Crippen LogP contribution in [0.1, 0.15) is 104 Å². The molecule has 0 spiro atoms. The Kier molecular flexibility index (Phi) is 13.1. The van der Waals surface area contributed by atoms with E-state index in [1.54, 1.807) is 5.57 Å². The first kappa shape index (κ1) is 24.4. The highest BCUT2D eigenvalue weighted by Gasteiger charge is 2.36. The van der Waals surface area contributed by atoms with Crippen LogP contribution in [0, 0.1) is 23.7 Å². The first-order valence-electron chi connectivity index (χ1n) is 12.3. The average Bonchev–Trinajstić information content (AvgIpc) is 3.31. The summed E-state index contributed by atoms with van der Waals surface area (Å²) >= 11 is 0. The molecular weight excluding hydrogens is 376 g/mol. The van der Waals surface area contributed by atoms with Gasteiger partial charge in [-0.15, -0.1) is 0 Å². The predicted octanol–water partition coefficient (Wildman–Crippen LogP) is 9.47. The first-order valence-corrected chi connectivity index (χ1v) is 14.8. The van der Waals surface area contributed by atoms with Crippen molar-refractivity contribution in [1.82, 2.24) is 0 Å².